The monoisotopic (exact) mass is 1720 g/mol. The van der Waals surface area contributed by atoms with Crippen LogP contribution in [0.15, 0.2) is 267 Å². The second-order valence-electron chi connectivity index (χ2n) is 46.2. The molecule has 0 atom stereocenters. The van der Waals surface area contributed by atoms with Gasteiger partial charge in [0, 0.05) is 111 Å². The Morgan fingerprint density at radius 3 is 0.530 bits per heavy atom. The number of fused-ring (bicyclic) bond motifs is 25. The quantitative estimate of drug-likeness (QED) is 0.123. The van der Waals surface area contributed by atoms with Crippen LogP contribution >= 0.6 is 0 Å². The van der Waals surface area contributed by atoms with Crippen molar-refractivity contribution in [1.29, 1.82) is 0 Å². The predicted octanol–water partition coefficient (Wildman–Crippen LogP) is 32.8. The van der Waals surface area contributed by atoms with Crippen molar-refractivity contribution in [2.24, 2.45) is 0 Å². The molecule has 0 aliphatic carbocycles. The van der Waals surface area contributed by atoms with Gasteiger partial charge < -0.3 is 27.4 Å². The van der Waals surface area contributed by atoms with Crippen LogP contribution in [0.4, 0.5) is 0 Å². The lowest BCUT2D eigenvalue weighted by atomic mass is 9.85. The third-order valence-corrected chi connectivity index (χ3v) is 29.1. The summed E-state index contributed by atoms with van der Waals surface area (Å²) in [6, 6.07) is 99.6. The molecule has 23 aromatic rings. The molecule has 0 radical (unpaired) electrons. The average molecular weight is 1720 g/mol. The van der Waals surface area contributed by atoms with E-state index in [1.807, 2.05) is 24.5 Å². The summed E-state index contributed by atoms with van der Waals surface area (Å²) >= 11 is 0. The van der Waals surface area contributed by atoms with Gasteiger partial charge in [-0.15, -0.1) is 0 Å². The van der Waals surface area contributed by atoms with Crippen LogP contribution in [0.3, 0.4) is 0 Å². The highest BCUT2D eigenvalue weighted by molar-refractivity contribution is 6.23. The molecule has 0 spiro atoms. The molecule has 0 N–H and O–H groups in total. The first-order valence-corrected chi connectivity index (χ1v) is 47.3. The van der Waals surface area contributed by atoms with Crippen LogP contribution in [-0.4, -0.2) is 47.3 Å². The second kappa shape index (κ2) is 27.9. The molecule has 10 nitrogen and oxygen atoms in total. The van der Waals surface area contributed by atoms with Gasteiger partial charge in [0.05, 0.1) is 111 Å². The zero-order valence-corrected chi connectivity index (χ0v) is 80.9. The maximum Gasteiger partial charge on any atom is 0.0996 e. The van der Waals surface area contributed by atoms with Crippen LogP contribution in [0, 0.1) is 0 Å². The zero-order chi connectivity index (χ0) is 92.0. The maximum atomic E-state index is 5.92. The lowest BCUT2D eigenvalue weighted by Crippen LogP contribution is -2.10. The minimum atomic E-state index is -0.0754. The van der Waals surface area contributed by atoms with Gasteiger partial charge in [-0.05, 0) is 294 Å². The molecule has 0 saturated heterocycles. The third-order valence-electron chi connectivity index (χ3n) is 29.1. The van der Waals surface area contributed by atoms with Crippen LogP contribution in [0.5, 0.6) is 0 Å². The van der Waals surface area contributed by atoms with Crippen molar-refractivity contribution in [1.82, 2.24) is 47.3 Å². The van der Waals surface area contributed by atoms with Crippen LogP contribution in [0.1, 0.15) is 211 Å². The Hall–Kier alpha value is -13.7. The maximum absolute atomic E-state index is 5.92. The molecule has 10 heteroatoms. The molecule has 0 fully saturated rings. The van der Waals surface area contributed by atoms with Crippen molar-refractivity contribution in [2.75, 3.05) is 0 Å². The lowest BCUT2D eigenvalue weighted by molar-refractivity contribution is 0.590. The molecule has 9 aromatic heterocycles. The molecule has 0 aliphatic rings. The van der Waals surface area contributed by atoms with Crippen molar-refractivity contribution >= 4 is 175 Å². The minimum absolute atomic E-state index is 0.0754. The molecule has 23 rings (SSSR count). The highest BCUT2D eigenvalue weighted by Crippen LogP contribution is 2.50. The van der Waals surface area contributed by atoms with Crippen molar-refractivity contribution in [2.45, 2.75) is 209 Å². The SMILES string of the molecule is CC(C)(C)c1ccc2c(c1)c1cc(C(C)(C)C)ccc1n2-c1ccc2c(c1)c1cc(-n3c4ccc(C(C)(C)C)cc4c4cc(C(C)(C)C)ccc43)ccc1n2-c1cc2nc3c4cccnc4c4ncccc4c3nc2cc1-n1c2ccc(-n3c4ccc(C(C)(C)C)cc4c4cc(C(C)(C)C)ccc43)cc2c2cc(-n3c4ccc(C(C)(C)C)cc4c4cc(C(C)(C)C)ccc43)ccc21. The molecular weight excluding hydrogens is 1610 g/mol. The van der Waals surface area contributed by atoms with Crippen molar-refractivity contribution < 1.29 is 0 Å². The summed E-state index contributed by atoms with van der Waals surface area (Å²) in [5.41, 5.74) is 34.1. The first-order chi connectivity index (χ1) is 62.5. The van der Waals surface area contributed by atoms with E-state index in [0.717, 1.165) is 122 Å². The number of benzene rings is 14. The van der Waals surface area contributed by atoms with Crippen LogP contribution < -0.4 is 0 Å². The number of nitrogens with zero attached hydrogens (tertiary/aromatic N) is 10. The van der Waals surface area contributed by atoms with E-state index in [0.29, 0.717) is 0 Å². The summed E-state index contributed by atoms with van der Waals surface area (Å²) < 4.78 is 15.2. The summed E-state index contributed by atoms with van der Waals surface area (Å²) in [6.07, 6.45) is 3.72. The van der Waals surface area contributed by atoms with E-state index < -0.39 is 0 Å². The van der Waals surface area contributed by atoms with Gasteiger partial charge in [0.25, 0.3) is 0 Å². The Bertz CT molecular complexity index is 7750. The van der Waals surface area contributed by atoms with E-state index in [1.54, 1.807) is 0 Å². The predicted molar refractivity (Wildman–Crippen MR) is 563 cm³/mol. The first kappa shape index (κ1) is 82.7. The number of aromatic nitrogens is 10. The molecule has 9 heterocycles. The molecule has 0 unspecified atom stereocenters. The largest absolute Gasteiger partial charge is 0.309 e. The van der Waals surface area contributed by atoms with Gasteiger partial charge in [-0.1, -0.05) is 215 Å². The van der Waals surface area contributed by atoms with Gasteiger partial charge >= 0.3 is 0 Å². The number of hydrogen-bond acceptors (Lipinski definition) is 4. The van der Waals surface area contributed by atoms with Gasteiger partial charge in [0.15, 0.2) is 0 Å². The van der Waals surface area contributed by atoms with E-state index in [1.165, 1.54) is 132 Å². The fourth-order valence-electron chi connectivity index (χ4n) is 21.4. The first-order valence-electron chi connectivity index (χ1n) is 47.3. The Morgan fingerprint density at radius 2 is 0.341 bits per heavy atom. The van der Waals surface area contributed by atoms with Crippen LogP contribution in [0.25, 0.3) is 209 Å². The second-order valence-corrected chi connectivity index (χ2v) is 46.2. The van der Waals surface area contributed by atoms with Gasteiger partial charge in [-0.25, -0.2) is 9.97 Å². The Balaban J connectivity index is 0.862. The Kier molecular flexibility index (Phi) is 17.5. The molecule has 0 bridgehead atoms. The van der Waals surface area contributed by atoms with Gasteiger partial charge in [0.1, 0.15) is 0 Å². The molecule has 0 aliphatic heterocycles. The van der Waals surface area contributed by atoms with E-state index >= 15 is 0 Å². The molecule has 0 saturated carbocycles. The fraction of sp³-hybridized carbons (Fsp3) is 0.262. The van der Waals surface area contributed by atoms with E-state index in [2.05, 4.69) is 436 Å². The smallest absolute Gasteiger partial charge is 0.0996 e. The third kappa shape index (κ3) is 12.7. The summed E-state index contributed by atoms with van der Waals surface area (Å²) in [6.45, 7) is 55.9. The standard InChI is InChI=1S/C122H116N10/c1-115(2,3)69-29-41-97-83(55-69)84-56-70(116(4,5)6)30-42-98(84)127(97)77-37-49-105-91(63-77)92-64-78(128-99-43-31-71(117(7,8)9)57-85(99)86-58-72(118(10,11)12)32-44-100(86)128)38-50-106(92)131(105)109-67-95-96(126-114-82-28-26-54-124-112(82)111-81(113(114)125-95)27-25-53-123-111)68-110(109)132-107-51-39-79(129-101-45-33-73(119(13,14)15)59-87(101)88-60-74(120(16,17)18)34-46-102(88)129)65-93(107)94-66-80(40-52-108(94)132)130-103-47-35-75(121(19,20)21)61-89(103)90-62-76(122(22,23)24)36-48-104(90)130/h25-68H,1-24H3. The molecule has 0 amide bonds. The summed E-state index contributed by atoms with van der Waals surface area (Å²) in [4.78, 5) is 21.9. The normalized spacial score (nSPS) is 13.5. The lowest BCUT2D eigenvalue weighted by Gasteiger charge is -2.19. The summed E-state index contributed by atoms with van der Waals surface area (Å²) in [7, 11) is 0. The molecular formula is C122H116N10. The van der Waals surface area contributed by atoms with Crippen LogP contribution in [-0.2, 0) is 43.3 Å². The number of hydrogen-bond donors (Lipinski definition) is 0. The van der Waals surface area contributed by atoms with Gasteiger partial charge in [-0.2, -0.15) is 0 Å². The Morgan fingerprint density at radius 1 is 0.167 bits per heavy atom. The zero-order valence-electron chi connectivity index (χ0n) is 80.9. The van der Waals surface area contributed by atoms with Crippen molar-refractivity contribution in [3.8, 4) is 34.1 Å². The van der Waals surface area contributed by atoms with E-state index in [9.17, 15) is 0 Å². The fourth-order valence-corrected chi connectivity index (χ4v) is 21.4. The van der Waals surface area contributed by atoms with E-state index in [4.69, 9.17) is 19.9 Å². The molecule has 132 heavy (non-hydrogen) atoms. The van der Waals surface area contributed by atoms with Crippen LogP contribution in [0.2, 0.25) is 0 Å². The highest BCUT2D eigenvalue weighted by atomic mass is 15.1. The summed E-state index contributed by atoms with van der Waals surface area (Å²) in [5.74, 6) is 0. The number of pyridine rings is 2. The minimum Gasteiger partial charge on any atom is -0.309 e. The molecule has 14 aromatic carbocycles. The van der Waals surface area contributed by atoms with E-state index in [-0.39, 0.29) is 43.3 Å². The highest BCUT2D eigenvalue weighted by Gasteiger charge is 2.32. The van der Waals surface area contributed by atoms with Crippen molar-refractivity contribution in [3.05, 3.63) is 312 Å². The number of rotatable bonds is 6. The van der Waals surface area contributed by atoms with Gasteiger partial charge in [-0.3, -0.25) is 9.97 Å². The average Bonchev–Trinajstić information content (AvgIpc) is 1.50. The van der Waals surface area contributed by atoms with Crippen molar-refractivity contribution in [3.63, 3.8) is 0 Å². The Labute approximate surface area is 772 Å². The summed E-state index contributed by atoms with van der Waals surface area (Å²) in [5, 5.41) is 16.2. The van der Waals surface area contributed by atoms with Gasteiger partial charge in [0.2, 0.25) is 0 Å². The molecule has 654 valence electrons. The topological polar surface area (TPSA) is 81.1 Å².